The fourth-order valence-corrected chi connectivity index (χ4v) is 3.20. The third-order valence-corrected chi connectivity index (χ3v) is 4.45. The van der Waals surface area contributed by atoms with Crippen molar-refractivity contribution in [2.45, 2.75) is 25.9 Å². The molecule has 1 atom stereocenters. The first-order chi connectivity index (χ1) is 11.8. The Morgan fingerprint density at radius 3 is 3.00 bits per heavy atom. The molecule has 4 rings (SSSR count). The minimum atomic E-state index is 0.325. The van der Waals surface area contributed by atoms with Gasteiger partial charge in [-0.2, -0.15) is 5.10 Å². The number of ether oxygens (including phenoxy) is 1. The van der Waals surface area contributed by atoms with Crippen LogP contribution in [0.2, 0.25) is 0 Å². The molecule has 1 aliphatic heterocycles. The van der Waals surface area contributed by atoms with Crippen molar-refractivity contribution >= 4 is 0 Å². The van der Waals surface area contributed by atoms with E-state index in [1.54, 1.807) is 0 Å². The van der Waals surface area contributed by atoms with Crippen LogP contribution in [0.4, 0.5) is 0 Å². The maximum atomic E-state index is 5.87. The molecule has 0 spiro atoms. The average molecular weight is 319 g/mol. The smallest absolute Gasteiger partial charge is 0.122 e. The molecule has 4 heteroatoms. The highest BCUT2D eigenvalue weighted by atomic mass is 16.5. The number of fused-ring (bicyclic) bond motifs is 1. The number of hydrogen-bond donors (Lipinski definition) is 1. The molecule has 0 aliphatic carbocycles. The molecule has 1 aromatic heterocycles. The van der Waals surface area contributed by atoms with Crippen molar-refractivity contribution in [1.29, 1.82) is 0 Å². The van der Waals surface area contributed by atoms with Crippen LogP contribution in [-0.4, -0.2) is 22.4 Å². The lowest BCUT2D eigenvalue weighted by Crippen LogP contribution is -2.39. The summed E-state index contributed by atoms with van der Waals surface area (Å²) in [6, 6.07) is 17.0. The van der Waals surface area contributed by atoms with E-state index in [2.05, 4.69) is 47.7 Å². The second-order valence-electron chi connectivity index (χ2n) is 6.28. The lowest BCUT2D eigenvalue weighted by atomic mass is 10.0. The monoisotopic (exact) mass is 319 g/mol. The van der Waals surface area contributed by atoms with Gasteiger partial charge < -0.3 is 10.1 Å². The van der Waals surface area contributed by atoms with E-state index in [4.69, 9.17) is 4.74 Å². The van der Waals surface area contributed by atoms with Crippen molar-refractivity contribution in [1.82, 2.24) is 15.1 Å². The van der Waals surface area contributed by atoms with Crippen LogP contribution in [-0.2, 0) is 13.0 Å². The summed E-state index contributed by atoms with van der Waals surface area (Å²) < 4.78 is 7.79. The van der Waals surface area contributed by atoms with Crippen molar-refractivity contribution in [2.24, 2.45) is 0 Å². The van der Waals surface area contributed by atoms with Crippen LogP contribution in [0.1, 0.15) is 16.7 Å². The highest BCUT2D eigenvalue weighted by molar-refractivity contribution is 5.43. The third kappa shape index (κ3) is 3.05. The zero-order chi connectivity index (χ0) is 16.4. The van der Waals surface area contributed by atoms with E-state index in [-0.39, 0.29) is 0 Å². The fourth-order valence-electron chi connectivity index (χ4n) is 3.20. The van der Waals surface area contributed by atoms with E-state index in [0.29, 0.717) is 12.6 Å². The Bertz CT molecular complexity index is 827. The van der Waals surface area contributed by atoms with Gasteiger partial charge in [-0.25, -0.2) is 4.68 Å². The maximum absolute atomic E-state index is 5.87. The average Bonchev–Trinajstić information content (AvgIpc) is 3.14. The van der Waals surface area contributed by atoms with Gasteiger partial charge in [0.1, 0.15) is 12.4 Å². The van der Waals surface area contributed by atoms with Crippen LogP contribution in [0.25, 0.3) is 5.69 Å². The number of benzene rings is 2. The Kier molecular flexibility index (Phi) is 4.05. The summed E-state index contributed by atoms with van der Waals surface area (Å²) in [6.45, 7) is 3.63. The predicted molar refractivity (Wildman–Crippen MR) is 94.6 cm³/mol. The summed E-state index contributed by atoms with van der Waals surface area (Å²) in [5.74, 6) is 1.02. The summed E-state index contributed by atoms with van der Waals surface area (Å²) in [4.78, 5) is 0. The zero-order valence-corrected chi connectivity index (χ0v) is 13.8. The van der Waals surface area contributed by atoms with Gasteiger partial charge in [-0.1, -0.05) is 35.9 Å². The summed E-state index contributed by atoms with van der Waals surface area (Å²) in [7, 11) is 0. The van der Waals surface area contributed by atoms with Crippen molar-refractivity contribution in [3.63, 3.8) is 0 Å². The Labute approximate surface area is 142 Å². The van der Waals surface area contributed by atoms with Gasteiger partial charge in [-0.05, 0) is 42.7 Å². The predicted octanol–water partition coefficient (Wildman–Crippen LogP) is 3.27. The van der Waals surface area contributed by atoms with E-state index in [9.17, 15) is 0 Å². The van der Waals surface area contributed by atoms with Crippen molar-refractivity contribution < 1.29 is 4.74 Å². The molecule has 24 heavy (non-hydrogen) atoms. The molecule has 0 saturated heterocycles. The number of nitrogens with zero attached hydrogens (tertiary/aromatic N) is 2. The Morgan fingerprint density at radius 1 is 1.21 bits per heavy atom. The highest BCUT2D eigenvalue weighted by Crippen LogP contribution is 2.24. The minimum absolute atomic E-state index is 0.325. The number of aryl methyl sites for hydroxylation is 1. The van der Waals surface area contributed by atoms with E-state index in [0.717, 1.165) is 24.4 Å². The molecule has 0 fully saturated rings. The van der Waals surface area contributed by atoms with Crippen molar-refractivity contribution in [3.8, 4) is 11.4 Å². The fraction of sp³-hybridized carbons (Fsp3) is 0.250. The quantitative estimate of drug-likeness (QED) is 0.802. The van der Waals surface area contributed by atoms with Gasteiger partial charge in [0.05, 0.1) is 5.69 Å². The summed E-state index contributed by atoms with van der Waals surface area (Å²) in [5, 5.41) is 8.01. The molecule has 0 bridgehead atoms. The van der Waals surface area contributed by atoms with E-state index < -0.39 is 0 Å². The number of para-hydroxylation sites is 1. The van der Waals surface area contributed by atoms with E-state index in [1.807, 2.05) is 35.3 Å². The Hall–Kier alpha value is -2.59. The molecule has 3 aromatic rings. The van der Waals surface area contributed by atoms with E-state index in [1.165, 1.54) is 16.7 Å². The maximum Gasteiger partial charge on any atom is 0.122 e. The number of hydrogen-bond acceptors (Lipinski definition) is 3. The highest BCUT2D eigenvalue weighted by Gasteiger charge is 2.19. The van der Waals surface area contributed by atoms with Crippen LogP contribution in [0.15, 0.2) is 60.9 Å². The lowest BCUT2D eigenvalue weighted by Gasteiger charge is -2.26. The standard InChI is InChI=1S/C20H21N3O/c1-15-7-8-19(23-10-4-9-22-23)17(11-15)13-21-18-12-16-5-2-3-6-20(16)24-14-18/h2-11,18,21H,12-14H2,1H3/t18-/m1/s1. The van der Waals surface area contributed by atoms with Crippen molar-refractivity contribution in [3.05, 3.63) is 77.6 Å². The van der Waals surface area contributed by atoms with Crippen LogP contribution in [0, 0.1) is 6.92 Å². The van der Waals surface area contributed by atoms with Gasteiger partial charge in [0, 0.05) is 25.0 Å². The van der Waals surface area contributed by atoms with Crippen LogP contribution in [0.3, 0.4) is 0 Å². The molecule has 2 aromatic carbocycles. The normalized spacial score (nSPS) is 16.5. The number of nitrogens with one attached hydrogen (secondary N) is 1. The molecular formula is C20H21N3O. The van der Waals surface area contributed by atoms with Crippen molar-refractivity contribution in [2.75, 3.05) is 6.61 Å². The Balaban J connectivity index is 1.50. The van der Waals surface area contributed by atoms with E-state index >= 15 is 0 Å². The molecular weight excluding hydrogens is 298 g/mol. The summed E-state index contributed by atoms with van der Waals surface area (Å²) >= 11 is 0. The molecule has 2 heterocycles. The largest absolute Gasteiger partial charge is 0.492 e. The molecule has 1 N–H and O–H groups in total. The molecule has 0 unspecified atom stereocenters. The summed E-state index contributed by atoms with van der Waals surface area (Å²) in [6.07, 6.45) is 4.79. The summed E-state index contributed by atoms with van der Waals surface area (Å²) in [5.41, 5.74) is 4.90. The SMILES string of the molecule is Cc1ccc(-n2cccn2)c(CN[C@H]2COc3ccccc3C2)c1. The Morgan fingerprint density at radius 2 is 2.12 bits per heavy atom. The number of rotatable bonds is 4. The molecule has 0 amide bonds. The van der Waals surface area contributed by atoms with Gasteiger partial charge in [-0.3, -0.25) is 0 Å². The second-order valence-corrected chi connectivity index (χ2v) is 6.28. The van der Waals surface area contributed by atoms with Crippen LogP contribution in [0.5, 0.6) is 5.75 Å². The molecule has 0 radical (unpaired) electrons. The lowest BCUT2D eigenvalue weighted by molar-refractivity contribution is 0.238. The number of aromatic nitrogens is 2. The molecule has 0 saturated carbocycles. The minimum Gasteiger partial charge on any atom is -0.492 e. The van der Waals surface area contributed by atoms with Gasteiger partial charge in [0.2, 0.25) is 0 Å². The van der Waals surface area contributed by atoms with Gasteiger partial charge >= 0.3 is 0 Å². The topological polar surface area (TPSA) is 39.1 Å². The molecule has 1 aliphatic rings. The first-order valence-corrected chi connectivity index (χ1v) is 8.33. The van der Waals surface area contributed by atoms with Crippen LogP contribution < -0.4 is 10.1 Å². The van der Waals surface area contributed by atoms with Gasteiger partial charge in [-0.15, -0.1) is 0 Å². The molecule has 122 valence electrons. The second kappa shape index (κ2) is 6.49. The first-order valence-electron chi connectivity index (χ1n) is 8.33. The molecule has 4 nitrogen and oxygen atoms in total. The van der Waals surface area contributed by atoms with Gasteiger partial charge in [0.25, 0.3) is 0 Å². The van der Waals surface area contributed by atoms with Crippen LogP contribution >= 0.6 is 0 Å². The third-order valence-electron chi connectivity index (χ3n) is 4.45. The zero-order valence-electron chi connectivity index (χ0n) is 13.8. The van der Waals surface area contributed by atoms with Gasteiger partial charge in [0.15, 0.2) is 0 Å². The first kappa shape index (κ1) is 15.0.